The van der Waals surface area contributed by atoms with E-state index in [1.807, 2.05) is 30.3 Å². The van der Waals surface area contributed by atoms with E-state index in [1.54, 1.807) is 0 Å². The molecule has 124 valence electrons. The van der Waals surface area contributed by atoms with Crippen molar-refractivity contribution in [1.82, 2.24) is 5.32 Å². The maximum atomic E-state index is 11.3. The Morgan fingerprint density at radius 1 is 1.35 bits per heavy atom. The highest BCUT2D eigenvalue weighted by Gasteiger charge is 2.49. The molecule has 8 nitrogen and oxygen atoms in total. The highest BCUT2D eigenvalue weighted by Crippen LogP contribution is 2.32. The van der Waals surface area contributed by atoms with Gasteiger partial charge in [-0.15, -0.1) is 0 Å². The third-order valence-corrected chi connectivity index (χ3v) is 3.80. The lowest BCUT2D eigenvalue weighted by molar-refractivity contribution is -0.281. The van der Waals surface area contributed by atoms with Crippen LogP contribution in [-0.2, 0) is 19.0 Å². The molecular weight excluding hydrogens is 304 g/mol. The largest absolute Gasteiger partial charge is 0.468 e. The molecule has 2 fully saturated rings. The van der Waals surface area contributed by atoms with Gasteiger partial charge in [0.25, 0.3) is 5.90 Å². The predicted octanol–water partition coefficient (Wildman–Crippen LogP) is 0.153. The third-order valence-electron chi connectivity index (χ3n) is 3.80. The number of benzene rings is 1. The first-order valence-corrected chi connectivity index (χ1v) is 7.26. The van der Waals surface area contributed by atoms with Crippen molar-refractivity contribution in [3.63, 3.8) is 0 Å². The van der Waals surface area contributed by atoms with E-state index >= 15 is 0 Å². The zero-order valence-corrected chi connectivity index (χ0v) is 12.5. The van der Waals surface area contributed by atoms with Gasteiger partial charge in [-0.05, 0) is 0 Å². The maximum absolute atomic E-state index is 11.3. The Morgan fingerprint density at radius 2 is 2.09 bits per heavy atom. The van der Waals surface area contributed by atoms with Gasteiger partial charge in [0.15, 0.2) is 12.4 Å². The van der Waals surface area contributed by atoms with Crippen LogP contribution in [0.15, 0.2) is 35.5 Å². The first-order valence-electron chi connectivity index (χ1n) is 7.26. The van der Waals surface area contributed by atoms with Crippen molar-refractivity contribution < 1.29 is 29.3 Å². The molecule has 2 saturated heterocycles. The van der Waals surface area contributed by atoms with Gasteiger partial charge in [-0.1, -0.05) is 35.5 Å². The fourth-order valence-corrected chi connectivity index (χ4v) is 2.75. The lowest BCUT2D eigenvalue weighted by atomic mass is 9.96. The molecule has 0 unspecified atom stereocenters. The van der Waals surface area contributed by atoms with Crippen LogP contribution in [0.4, 0.5) is 0 Å². The Balaban J connectivity index is 1.79. The summed E-state index contributed by atoms with van der Waals surface area (Å²) in [6.07, 6.45) is -3.11. The number of oxime groups is 1. The van der Waals surface area contributed by atoms with Crippen molar-refractivity contribution in [2.45, 2.75) is 37.6 Å². The number of amides is 1. The van der Waals surface area contributed by atoms with E-state index < -0.39 is 30.6 Å². The van der Waals surface area contributed by atoms with E-state index in [2.05, 4.69) is 10.5 Å². The fraction of sp³-hybridized carbons (Fsp3) is 0.467. The number of nitrogens with zero attached hydrogens (tertiary/aromatic N) is 1. The Morgan fingerprint density at radius 3 is 2.74 bits per heavy atom. The normalized spacial score (nSPS) is 35.2. The van der Waals surface area contributed by atoms with Gasteiger partial charge >= 0.3 is 0 Å². The molecule has 0 aromatic heterocycles. The van der Waals surface area contributed by atoms with Gasteiger partial charge < -0.3 is 29.8 Å². The van der Waals surface area contributed by atoms with Crippen molar-refractivity contribution in [2.24, 2.45) is 5.16 Å². The highest BCUT2D eigenvalue weighted by atomic mass is 16.7. The van der Waals surface area contributed by atoms with Gasteiger partial charge in [0, 0.05) is 12.5 Å². The number of fused-ring (bicyclic) bond motifs is 1. The first kappa shape index (κ1) is 15.7. The number of hydrogen-bond donors (Lipinski definition) is 3. The summed E-state index contributed by atoms with van der Waals surface area (Å²) in [7, 11) is 0. The van der Waals surface area contributed by atoms with Crippen molar-refractivity contribution in [3.8, 4) is 0 Å². The second kappa shape index (κ2) is 6.53. The van der Waals surface area contributed by atoms with Crippen LogP contribution in [0.3, 0.4) is 0 Å². The van der Waals surface area contributed by atoms with E-state index in [4.69, 9.17) is 19.4 Å². The molecule has 2 aliphatic heterocycles. The van der Waals surface area contributed by atoms with E-state index in [-0.39, 0.29) is 18.4 Å². The van der Waals surface area contributed by atoms with E-state index in [1.165, 1.54) is 6.92 Å². The molecule has 1 aromatic rings. The molecule has 0 spiro atoms. The molecule has 0 saturated carbocycles. The standard InChI is InChI=1S/C15H18N2O6/c1-8(18)16-11-12(19)13-10(22-14(11)17-20)7-21-15(23-13)9-5-3-2-4-6-9/h2-6,10-13,15,19-20H,7H2,1H3,(H,16,18)/b17-14+/t10-,11-,12-,13-,15-/m1/s1. The Bertz CT molecular complexity index is 593. The Labute approximate surface area is 132 Å². The monoisotopic (exact) mass is 322 g/mol. The number of aliphatic hydroxyl groups excluding tert-OH is 1. The smallest absolute Gasteiger partial charge is 0.251 e. The van der Waals surface area contributed by atoms with Crippen molar-refractivity contribution in [3.05, 3.63) is 35.9 Å². The van der Waals surface area contributed by atoms with Crippen LogP contribution in [0.1, 0.15) is 18.8 Å². The van der Waals surface area contributed by atoms with Crippen LogP contribution in [0, 0.1) is 0 Å². The van der Waals surface area contributed by atoms with Gasteiger partial charge in [0.05, 0.1) is 6.61 Å². The van der Waals surface area contributed by atoms with Crippen molar-refractivity contribution in [1.29, 1.82) is 0 Å². The Kier molecular flexibility index (Phi) is 4.46. The zero-order chi connectivity index (χ0) is 16.4. The molecule has 1 aromatic carbocycles. The Hall–Kier alpha value is -2.16. The molecular formula is C15H18N2O6. The zero-order valence-electron chi connectivity index (χ0n) is 12.5. The average molecular weight is 322 g/mol. The highest BCUT2D eigenvalue weighted by molar-refractivity contribution is 5.88. The number of aliphatic hydroxyl groups is 1. The molecule has 0 aliphatic carbocycles. The fourth-order valence-electron chi connectivity index (χ4n) is 2.75. The molecule has 2 heterocycles. The quantitative estimate of drug-likeness (QED) is 0.528. The number of hydrogen-bond acceptors (Lipinski definition) is 7. The van der Waals surface area contributed by atoms with Crippen LogP contribution in [0.2, 0.25) is 0 Å². The van der Waals surface area contributed by atoms with Gasteiger partial charge in [-0.3, -0.25) is 4.79 Å². The number of nitrogens with one attached hydrogen (secondary N) is 1. The van der Waals surface area contributed by atoms with Crippen LogP contribution >= 0.6 is 0 Å². The lowest BCUT2D eigenvalue weighted by Crippen LogP contribution is -2.64. The first-order chi connectivity index (χ1) is 11.1. The van der Waals surface area contributed by atoms with Crippen LogP contribution in [-0.4, -0.2) is 53.1 Å². The van der Waals surface area contributed by atoms with Crippen LogP contribution in [0.25, 0.3) is 0 Å². The van der Waals surface area contributed by atoms with E-state index in [9.17, 15) is 9.90 Å². The summed E-state index contributed by atoms with van der Waals surface area (Å²) in [5.41, 5.74) is 0.816. The minimum absolute atomic E-state index is 0.160. The summed E-state index contributed by atoms with van der Waals surface area (Å²) in [5.74, 6) is -0.553. The predicted molar refractivity (Wildman–Crippen MR) is 77.7 cm³/mol. The maximum Gasteiger partial charge on any atom is 0.251 e. The number of ether oxygens (including phenoxy) is 3. The van der Waals surface area contributed by atoms with Gasteiger partial charge in [0.2, 0.25) is 5.91 Å². The summed E-state index contributed by atoms with van der Waals surface area (Å²) in [6, 6.07) is 8.33. The third kappa shape index (κ3) is 3.14. The summed E-state index contributed by atoms with van der Waals surface area (Å²) < 4.78 is 16.9. The van der Waals surface area contributed by atoms with Gasteiger partial charge in [-0.2, -0.15) is 0 Å². The van der Waals surface area contributed by atoms with Crippen molar-refractivity contribution in [2.75, 3.05) is 6.61 Å². The number of carbonyl (C=O) groups excluding carboxylic acids is 1. The number of rotatable bonds is 2. The van der Waals surface area contributed by atoms with Gasteiger partial charge in [-0.25, -0.2) is 0 Å². The molecule has 0 radical (unpaired) electrons. The molecule has 23 heavy (non-hydrogen) atoms. The second-order valence-corrected chi connectivity index (χ2v) is 5.44. The number of carbonyl (C=O) groups is 1. The minimum Gasteiger partial charge on any atom is -0.468 e. The topological polar surface area (TPSA) is 110 Å². The van der Waals surface area contributed by atoms with E-state index in [0.29, 0.717) is 0 Å². The van der Waals surface area contributed by atoms with Crippen LogP contribution < -0.4 is 5.32 Å². The molecule has 3 N–H and O–H groups in total. The average Bonchev–Trinajstić information content (AvgIpc) is 2.57. The summed E-state index contributed by atoms with van der Waals surface area (Å²) >= 11 is 0. The molecule has 8 heteroatoms. The summed E-state index contributed by atoms with van der Waals surface area (Å²) in [4.78, 5) is 11.3. The van der Waals surface area contributed by atoms with Crippen molar-refractivity contribution >= 4 is 11.8 Å². The molecule has 0 bridgehead atoms. The summed E-state index contributed by atoms with van der Waals surface area (Å²) in [6.45, 7) is 1.46. The SMILES string of the molecule is CC(=O)N[C@H]1/C(=N\O)O[C@@H]2CO[C@@H](c3ccccc3)O[C@H]2[C@@H]1O. The lowest BCUT2D eigenvalue weighted by Gasteiger charge is -2.44. The molecule has 5 atom stereocenters. The molecule has 2 aliphatic rings. The van der Waals surface area contributed by atoms with Gasteiger partial charge in [0.1, 0.15) is 18.2 Å². The second-order valence-electron chi connectivity index (χ2n) is 5.44. The van der Waals surface area contributed by atoms with E-state index in [0.717, 1.165) is 5.56 Å². The molecule has 1 amide bonds. The molecule has 3 rings (SSSR count). The minimum atomic E-state index is -1.13. The summed E-state index contributed by atoms with van der Waals surface area (Å²) in [5, 5.41) is 25.0. The van der Waals surface area contributed by atoms with Crippen LogP contribution in [0.5, 0.6) is 0 Å².